The van der Waals surface area contributed by atoms with Gasteiger partial charge in [0.15, 0.2) is 0 Å². The molecule has 0 N–H and O–H groups in total. The molecule has 0 radical (unpaired) electrons. The van der Waals surface area contributed by atoms with Gasteiger partial charge in [0.25, 0.3) is 0 Å². The molecule has 0 spiro atoms. The van der Waals surface area contributed by atoms with Crippen LogP contribution in [0.5, 0.6) is 5.75 Å². The van der Waals surface area contributed by atoms with E-state index in [1.54, 1.807) is 7.11 Å². The van der Waals surface area contributed by atoms with Crippen molar-refractivity contribution in [3.8, 4) is 5.75 Å². The van der Waals surface area contributed by atoms with Crippen LogP contribution in [0.25, 0.3) is 18.2 Å². The summed E-state index contributed by atoms with van der Waals surface area (Å²) in [6.07, 6.45) is 13.5. The van der Waals surface area contributed by atoms with E-state index < -0.39 is 0 Å². The standard InChI is InChI=1S/C20H24N2O/c1-21-9-11-22(12-10-21)16-8-7-15-13-20(23-2)18-6-4-3-5-17(18)19(15)14-16/h4-6,8,13-14H,3,7,9-12H2,1-2H3. The van der Waals surface area contributed by atoms with Crippen molar-refractivity contribution in [1.29, 1.82) is 0 Å². The third-order valence-corrected chi connectivity index (χ3v) is 5.15. The van der Waals surface area contributed by atoms with Gasteiger partial charge < -0.3 is 14.5 Å². The normalized spacial score (nSPS) is 20.1. The van der Waals surface area contributed by atoms with Crippen molar-refractivity contribution in [2.75, 3.05) is 40.3 Å². The van der Waals surface area contributed by atoms with Crippen molar-refractivity contribution in [2.45, 2.75) is 12.8 Å². The van der Waals surface area contributed by atoms with Gasteiger partial charge in [-0.1, -0.05) is 24.3 Å². The molecule has 1 aromatic rings. The summed E-state index contributed by atoms with van der Waals surface area (Å²) >= 11 is 0. The highest BCUT2D eigenvalue weighted by atomic mass is 16.5. The van der Waals surface area contributed by atoms with Crippen LogP contribution in [-0.4, -0.2) is 50.1 Å². The van der Waals surface area contributed by atoms with Gasteiger partial charge in [0.1, 0.15) is 5.75 Å². The summed E-state index contributed by atoms with van der Waals surface area (Å²) in [4.78, 5) is 4.93. The number of piperazine rings is 1. The summed E-state index contributed by atoms with van der Waals surface area (Å²) in [5.41, 5.74) is 4.00. The fraction of sp³-hybridized carbons (Fsp3) is 0.400. The third-order valence-electron chi connectivity index (χ3n) is 5.15. The summed E-state index contributed by atoms with van der Waals surface area (Å²) in [5, 5.41) is 2.74. The van der Waals surface area contributed by atoms with Crippen LogP contribution in [0.3, 0.4) is 0 Å². The minimum absolute atomic E-state index is 0.995. The molecule has 0 bridgehead atoms. The molecule has 1 aromatic carbocycles. The zero-order valence-electron chi connectivity index (χ0n) is 14.0. The van der Waals surface area contributed by atoms with E-state index in [9.17, 15) is 0 Å². The van der Waals surface area contributed by atoms with Crippen LogP contribution in [0.15, 0.2) is 23.9 Å². The minimum Gasteiger partial charge on any atom is -0.496 e. The zero-order chi connectivity index (χ0) is 15.8. The molecule has 0 unspecified atom stereocenters. The van der Waals surface area contributed by atoms with Crippen LogP contribution in [0.4, 0.5) is 0 Å². The van der Waals surface area contributed by atoms with E-state index in [4.69, 9.17) is 4.74 Å². The monoisotopic (exact) mass is 308 g/mol. The molecule has 0 atom stereocenters. The van der Waals surface area contributed by atoms with Gasteiger partial charge in [0.05, 0.1) is 7.11 Å². The summed E-state index contributed by atoms with van der Waals surface area (Å²) in [5.74, 6) is 0.996. The number of rotatable bonds is 2. The van der Waals surface area contributed by atoms with Gasteiger partial charge >= 0.3 is 0 Å². The maximum absolute atomic E-state index is 5.61. The van der Waals surface area contributed by atoms with Crippen molar-refractivity contribution < 1.29 is 4.74 Å². The first-order valence-electron chi connectivity index (χ1n) is 8.48. The number of benzene rings is 1. The molecule has 1 heterocycles. The molecule has 120 valence electrons. The molecule has 1 saturated heterocycles. The number of likely N-dealkylation sites (N-methyl/N-ethyl adjacent to an activating group) is 1. The molecule has 4 rings (SSSR count). The first-order valence-corrected chi connectivity index (χ1v) is 8.48. The molecule has 1 aliphatic heterocycles. The third kappa shape index (κ3) is 2.59. The van der Waals surface area contributed by atoms with Gasteiger partial charge in [0.2, 0.25) is 0 Å². The van der Waals surface area contributed by atoms with E-state index in [-0.39, 0.29) is 0 Å². The number of methoxy groups -OCH3 is 1. The molecular formula is C20H24N2O. The average molecular weight is 308 g/mol. The Morgan fingerprint density at radius 2 is 1.87 bits per heavy atom. The van der Waals surface area contributed by atoms with E-state index in [1.807, 2.05) is 0 Å². The number of nitrogens with zero attached hydrogens (tertiary/aromatic N) is 2. The van der Waals surface area contributed by atoms with E-state index >= 15 is 0 Å². The number of hydrogen-bond donors (Lipinski definition) is 0. The topological polar surface area (TPSA) is 15.7 Å². The molecule has 0 amide bonds. The van der Waals surface area contributed by atoms with Crippen molar-refractivity contribution in [2.24, 2.45) is 0 Å². The van der Waals surface area contributed by atoms with E-state index in [0.717, 1.165) is 44.8 Å². The Labute approximate surface area is 137 Å². The number of fused-ring (bicyclic) bond motifs is 3. The molecule has 3 nitrogen and oxygen atoms in total. The lowest BCUT2D eigenvalue weighted by Crippen LogP contribution is -2.44. The van der Waals surface area contributed by atoms with Crippen molar-refractivity contribution in [3.05, 3.63) is 45.5 Å². The molecule has 3 heteroatoms. The predicted molar refractivity (Wildman–Crippen MR) is 95.7 cm³/mol. The maximum Gasteiger partial charge on any atom is 0.126 e. The molecule has 1 fully saturated rings. The van der Waals surface area contributed by atoms with Crippen molar-refractivity contribution >= 4 is 18.2 Å². The molecule has 23 heavy (non-hydrogen) atoms. The Morgan fingerprint density at radius 3 is 2.65 bits per heavy atom. The molecular weight excluding hydrogens is 284 g/mol. The smallest absolute Gasteiger partial charge is 0.126 e. The van der Waals surface area contributed by atoms with E-state index in [0.29, 0.717) is 0 Å². The lowest BCUT2D eigenvalue weighted by atomic mass is 9.94. The molecule has 3 aliphatic rings. The molecule has 2 aliphatic carbocycles. The van der Waals surface area contributed by atoms with Gasteiger partial charge in [-0.15, -0.1) is 0 Å². The Morgan fingerprint density at radius 1 is 1.04 bits per heavy atom. The lowest BCUT2D eigenvalue weighted by molar-refractivity contribution is 0.191. The van der Waals surface area contributed by atoms with Crippen LogP contribution in [0.2, 0.25) is 0 Å². The quantitative estimate of drug-likeness (QED) is 0.820. The minimum atomic E-state index is 0.995. The highest BCUT2D eigenvalue weighted by Gasteiger charge is 2.18. The average Bonchev–Trinajstić information content (AvgIpc) is 2.61. The SMILES string of the molecule is COc1cc2c(c3c1C=CCC=3)=CC(N1CCN(C)CC1)=CC2. The van der Waals surface area contributed by atoms with Gasteiger partial charge in [-0.25, -0.2) is 0 Å². The largest absolute Gasteiger partial charge is 0.496 e. The predicted octanol–water partition coefficient (Wildman–Crippen LogP) is 1.36. The highest BCUT2D eigenvalue weighted by Crippen LogP contribution is 2.21. The van der Waals surface area contributed by atoms with Crippen molar-refractivity contribution in [3.63, 3.8) is 0 Å². The summed E-state index contributed by atoms with van der Waals surface area (Å²) in [7, 11) is 3.97. The zero-order valence-corrected chi connectivity index (χ0v) is 14.0. The number of allylic oxidation sites excluding steroid dienone is 3. The van der Waals surface area contributed by atoms with Crippen molar-refractivity contribution in [1.82, 2.24) is 9.80 Å². The highest BCUT2D eigenvalue weighted by molar-refractivity contribution is 5.67. The van der Waals surface area contributed by atoms with Gasteiger partial charge in [-0.05, 0) is 48.0 Å². The summed E-state index contributed by atoms with van der Waals surface area (Å²) in [6.45, 7) is 4.54. The van der Waals surface area contributed by atoms with Crippen LogP contribution >= 0.6 is 0 Å². The first-order chi connectivity index (χ1) is 11.3. The second-order valence-electron chi connectivity index (χ2n) is 6.59. The number of hydrogen-bond acceptors (Lipinski definition) is 3. The van der Waals surface area contributed by atoms with Crippen LogP contribution < -0.4 is 15.2 Å². The fourth-order valence-electron chi connectivity index (χ4n) is 3.74. The van der Waals surface area contributed by atoms with Crippen LogP contribution in [-0.2, 0) is 6.42 Å². The number of ether oxygens (including phenoxy) is 1. The molecule has 0 aromatic heterocycles. The Bertz CT molecular complexity index is 796. The van der Waals surface area contributed by atoms with E-state index in [1.165, 1.54) is 27.3 Å². The van der Waals surface area contributed by atoms with E-state index in [2.05, 4.69) is 53.3 Å². The van der Waals surface area contributed by atoms with Gasteiger partial charge in [0, 0.05) is 37.4 Å². The second-order valence-corrected chi connectivity index (χ2v) is 6.59. The van der Waals surface area contributed by atoms with Crippen LogP contribution in [0, 0.1) is 0 Å². The summed E-state index contributed by atoms with van der Waals surface area (Å²) < 4.78 is 5.61. The Kier molecular flexibility index (Phi) is 3.74. The fourth-order valence-corrected chi connectivity index (χ4v) is 3.74. The Hall–Kier alpha value is -2.00. The maximum atomic E-state index is 5.61. The second kappa shape index (κ2) is 5.89. The molecule has 0 saturated carbocycles. The van der Waals surface area contributed by atoms with Crippen LogP contribution in [0.1, 0.15) is 17.5 Å². The first kappa shape index (κ1) is 14.6. The Balaban J connectivity index is 1.79. The summed E-state index contributed by atoms with van der Waals surface area (Å²) in [6, 6.07) is 2.21. The van der Waals surface area contributed by atoms with Gasteiger partial charge in [-0.2, -0.15) is 0 Å². The van der Waals surface area contributed by atoms with Gasteiger partial charge in [-0.3, -0.25) is 0 Å². The lowest BCUT2D eigenvalue weighted by Gasteiger charge is -2.35.